The molecule has 0 bridgehead atoms. The molecule has 0 amide bonds. The smallest absolute Gasteiger partial charge is 0.137 e. The number of aromatic nitrogens is 1. The molecule has 0 aliphatic carbocycles. The van der Waals surface area contributed by atoms with Crippen LogP contribution in [0.1, 0.15) is 12.0 Å². The van der Waals surface area contributed by atoms with Crippen molar-refractivity contribution >= 4 is 21.7 Å². The van der Waals surface area contributed by atoms with E-state index >= 15 is 0 Å². The van der Waals surface area contributed by atoms with Crippen LogP contribution in [-0.4, -0.2) is 30.7 Å². The van der Waals surface area contributed by atoms with E-state index in [-0.39, 0.29) is 0 Å². The van der Waals surface area contributed by atoms with Gasteiger partial charge in [0.2, 0.25) is 0 Å². The first-order valence-corrected chi connectivity index (χ1v) is 10.1. The Morgan fingerprint density at radius 1 is 0.893 bits per heavy atom. The lowest BCUT2D eigenvalue weighted by Crippen LogP contribution is -2.48. The van der Waals surface area contributed by atoms with E-state index in [0.29, 0.717) is 6.04 Å². The number of nitrogens with one attached hydrogen (secondary N) is 3. The minimum absolute atomic E-state index is 0.532. The van der Waals surface area contributed by atoms with Crippen molar-refractivity contribution in [1.82, 2.24) is 15.6 Å². The van der Waals surface area contributed by atoms with Crippen LogP contribution in [0.2, 0.25) is 0 Å². The van der Waals surface area contributed by atoms with E-state index < -0.39 is 0 Å². The number of benzene rings is 3. The Bertz CT molecular complexity index is 1090. The highest BCUT2D eigenvalue weighted by Gasteiger charge is 2.15. The number of ether oxygens (including phenoxy) is 1. The maximum atomic E-state index is 6.45. The number of piperazine rings is 1. The second kappa shape index (κ2) is 7.66. The molecule has 0 spiro atoms. The van der Waals surface area contributed by atoms with Gasteiger partial charge in [0.25, 0.3) is 0 Å². The lowest BCUT2D eigenvalue weighted by molar-refractivity contribution is 0.400. The third-order valence-corrected chi connectivity index (χ3v) is 5.61. The summed E-state index contributed by atoms with van der Waals surface area (Å²) in [6.07, 6.45) is 4.27. The summed E-state index contributed by atoms with van der Waals surface area (Å²) < 4.78 is 6.45. The normalized spacial score (nSPS) is 17.2. The molecular formula is C24H25N3O. The van der Waals surface area contributed by atoms with Crippen molar-refractivity contribution in [3.8, 4) is 11.5 Å². The molecule has 0 radical (unpaired) electrons. The summed E-state index contributed by atoms with van der Waals surface area (Å²) in [5.41, 5.74) is 2.45. The molecular weight excluding hydrogens is 346 g/mol. The SMILES string of the molecule is c1ccc2c(Oc3cccc4[nH]cc(CCC5CNCCN5)c34)cccc2c1. The van der Waals surface area contributed by atoms with Crippen molar-refractivity contribution in [3.05, 3.63) is 72.4 Å². The number of hydrogen-bond acceptors (Lipinski definition) is 3. The van der Waals surface area contributed by atoms with Crippen LogP contribution in [-0.2, 0) is 6.42 Å². The summed E-state index contributed by atoms with van der Waals surface area (Å²) in [5.74, 6) is 1.82. The summed E-state index contributed by atoms with van der Waals surface area (Å²) in [6.45, 7) is 3.16. The molecule has 1 aliphatic heterocycles. The van der Waals surface area contributed by atoms with Gasteiger partial charge in [-0.05, 0) is 42.0 Å². The fourth-order valence-corrected chi connectivity index (χ4v) is 4.15. The van der Waals surface area contributed by atoms with E-state index in [4.69, 9.17) is 4.74 Å². The summed E-state index contributed by atoms with van der Waals surface area (Å²) in [7, 11) is 0. The maximum Gasteiger partial charge on any atom is 0.137 e. The summed E-state index contributed by atoms with van der Waals surface area (Å²) >= 11 is 0. The molecule has 1 atom stereocenters. The topological polar surface area (TPSA) is 49.1 Å². The van der Waals surface area contributed by atoms with Crippen LogP contribution in [0, 0.1) is 0 Å². The van der Waals surface area contributed by atoms with E-state index in [1.54, 1.807) is 0 Å². The summed E-state index contributed by atoms with van der Waals surface area (Å²) in [6, 6.07) is 21.4. The Hall–Kier alpha value is -2.82. The molecule has 2 heterocycles. The molecule has 3 aromatic carbocycles. The van der Waals surface area contributed by atoms with Crippen molar-refractivity contribution in [3.63, 3.8) is 0 Å². The average molecular weight is 371 g/mol. The average Bonchev–Trinajstić information content (AvgIpc) is 3.17. The fraction of sp³-hybridized carbons (Fsp3) is 0.250. The monoisotopic (exact) mass is 371 g/mol. The molecule has 4 aromatic rings. The Morgan fingerprint density at radius 2 is 1.75 bits per heavy atom. The van der Waals surface area contributed by atoms with E-state index in [1.165, 1.54) is 16.3 Å². The standard InChI is InChI=1S/C24H25N3O/c1-2-7-20-17(5-1)6-3-9-22(20)28-23-10-4-8-21-24(23)18(15-27-21)11-12-19-16-25-13-14-26-19/h1-10,15,19,25-27H,11-14,16H2. The number of aromatic amines is 1. The van der Waals surface area contributed by atoms with Gasteiger partial charge in [-0.25, -0.2) is 0 Å². The molecule has 1 aliphatic rings. The van der Waals surface area contributed by atoms with E-state index in [1.807, 2.05) is 6.07 Å². The molecule has 4 heteroatoms. The van der Waals surface area contributed by atoms with Gasteiger partial charge in [0.15, 0.2) is 0 Å². The molecule has 1 aromatic heterocycles. The molecule has 142 valence electrons. The zero-order chi connectivity index (χ0) is 18.8. The first-order valence-electron chi connectivity index (χ1n) is 10.1. The van der Waals surface area contributed by atoms with Gasteiger partial charge in [-0.3, -0.25) is 0 Å². The van der Waals surface area contributed by atoms with Gasteiger partial charge < -0.3 is 20.4 Å². The quantitative estimate of drug-likeness (QED) is 0.480. The minimum atomic E-state index is 0.532. The van der Waals surface area contributed by atoms with Crippen LogP contribution in [0.3, 0.4) is 0 Å². The van der Waals surface area contributed by atoms with Crippen molar-refractivity contribution in [2.24, 2.45) is 0 Å². The van der Waals surface area contributed by atoms with E-state index in [9.17, 15) is 0 Å². The molecule has 5 rings (SSSR count). The van der Waals surface area contributed by atoms with Gasteiger partial charge in [-0.1, -0.05) is 42.5 Å². The Morgan fingerprint density at radius 3 is 2.68 bits per heavy atom. The minimum Gasteiger partial charge on any atom is -0.456 e. The Labute approximate surface area is 164 Å². The molecule has 3 N–H and O–H groups in total. The lowest BCUT2D eigenvalue weighted by atomic mass is 10.0. The van der Waals surface area contributed by atoms with Crippen LogP contribution < -0.4 is 15.4 Å². The Balaban J connectivity index is 1.46. The second-order valence-electron chi connectivity index (χ2n) is 7.47. The molecule has 4 nitrogen and oxygen atoms in total. The second-order valence-corrected chi connectivity index (χ2v) is 7.47. The molecule has 1 unspecified atom stereocenters. The largest absolute Gasteiger partial charge is 0.456 e. The van der Waals surface area contributed by atoms with Crippen LogP contribution in [0.4, 0.5) is 0 Å². The first kappa shape index (κ1) is 17.3. The van der Waals surface area contributed by atoms with Crippen LogP contribution in [0.15, 0.2) is 66.9 Å². The van der Waals surface area contributed by atoms with Crippen LogP contribution >= 0.6 is 0 Å². The zero-order valence-corrected chi connectivity index (χ0v) is 15.9. The lowest BCUT2D eigenvalue weighted by Gasteiger charge is -2.24. The number of H-pyrrole nitrogens is 1. The molecule has 1 saturated heterocycles. The zero-order valence-electron chi connectivity index (χ0n) is 15.9. The highest BCUT2D eigenvalue weighted by Crippen LogP contribution is 2.35. The summed E-state index contributed by atoms with van der Waals surface area (Å²) in [4.78, 5) is 3.42. The van der Waals surface area contributed by atoms with Crippen LogP contribution in [0.5, 0.6) is 11.5 Å². The molecule has 0 saturated carbocycles. The van der Waals surface area contributed by atoms with Gasteiger partial charge in [0.05, 0.1) is 0 Å². The number of hydrogen-bond donors (Lipinski definition) is 3. The van der Waals surface area contributed by atoms with Gasteiger partial charge in [0.1, 0.15) is 11.5 Å². The maximum absolute atomic E-state index is 6.45. The van der Waals surface area contributed by atoms with Gasteiger partial charge >= 0.3 is 0 Å². The highest BCUT2D eigenvalue weighted by atomic mass is 16.5. The predicted molar refractivity (Wildman–Crippen MR) is 115 cm³/mol. The highest BCUT2D eigenvalue weighted by molar-refractivity contribution is 5.92. The van der Waals surface area contributed by atoms with Crippen molar-refractivity contribution in [2.75, 3.05) is 19.6 Å². The summed E-state index contributed by atoms with van der Waals surface area (Å²) in [5, 5.41) is 10.6. The van der Waals surface area contributed by atoms with Crippen LogP contribution in [0.25, 0.3) is 21.7 Å². The third kappa shape index (κ3) is 3.37. The molecule has 28 heavy (non-hydrogen) atoms. The fourth-order valence-electron chi connectivity index (χ4n) is 4.15. The Kier molecular flexibility index (Phi) is 4.73. The van der Waals surface area contributed by atoms with Crippen molar-refractivity contribution in [1.29, 1.82) is 0 Å². The van der Waals surface area contributed by atoms with Gasteiger partial charge in [0, 0.05) is 48.2 Å². The number of aryl methyl sites for hydroxylation is 1. The van der Waals surface area contributed by atoms with Crippen molar-refractivity contribution in [2.45, 2.75) is 18.9 Å². The predicted octanol–water partition coefficient (Wildman–Crippen LogP) is 4.61. The van der Waals surface area contributed by atoms with Gasteiger partial charge in [-0.2, -0.15) is 0 Å². The van der Waals surface area contributed by atoms with Gasteiger partial charge in [-0.15, -0.1) is 0 Å². The van der Waals surface area contributed by atoms with Crippen molar-refractivity contribution < 1.29 is 4.74 Å². The van der Waals surface area contributed by atoms with E-state index in [0.717, 1.165) is 54.9 Å². The molecule has 1 fully saturated rings. The first-order chi connectivity index (χ1) is 13.9. The number of fused-ring (bicyclic) bond motifs is 2. The number of rotatable bonds is 5. The third-order valence-electron chi connectivity index (χ3n) is 5.61. The van der Waals surface area contributed by atoms with E-state index in [2.05, 4.69) is 76.4 Å².